The summed E-state index contributed by atoms with van der Waals surface area (Å²) in [6.45, 7) is 22.1. The Balaban J connectivity index is 1.65. The molecule has 4 rings (SSSR count). The van der Waals surface area contributed by atoms with Gasteiger partial charge in [-0.15, -0.1) is 0 Å². The van der Waals surface area contributed by atoms with Crippen LogP contribution in [0.4, 0.5) is 0 Å². The number of hydrogen-bond acceptors (Lipinski definition) is 3. The summed E-state index contributed by atoms with van der Waals surface area (Å²) in [6.07, 6.45) is 10.0. The molecule has 208 valence electrons. The van der Waals surface area contributed by atoms with Gasteiger partial charge in [0.05, 0.1) is 5.92 Å². The monoisotopic (exact) mass is 512 g/mol. The standard InChI is InChI=1S/C33H52O4/c1-20(2)21(3)10-11-23(29(35)36)24-14-18-33(9)26-12-13-27-30(5,6)28(37-22(4)34)16-17-31(27,7)25(26)15-19-32(24,33)8/h20,23-24,27-28H,3,10-19H2,1-2,4-9H3,(H,35,36)/t23-,24-,27+,28-,31-,32-,33+/m1/s1. The van der Waals surface area contributed by atoms with Gasteiger partial charge in [-0.25, -0.2) is 0 Å². The summed E-state index contributed by atoms with van der Waals surface area (Å²) < 4.78 is 5.84. The number of carboxylic acid groups (broad SMARTS) is 1. The number of fused-ring (bicyclic) bond motifs is 4. The van der Waals surface area contributed by atoms with Crippen LogP contribution in [0.25, 0.3) is 0 Å². The Kier molecular flexibility index (Phi) is 7.34. The molecule has 0 aliphatic heterocycles. The minimum absolute atomic E-state index is 0.0116. The third-order valence-electron chi connectivity index (χ3n) is 12.5. The van der Waals surface area contributed by atoms with Gasteiger partial charge in [-0.3, -0.25) is 9.59 Å². The molecule has 37 heavy (non-hydrogen) atoms. The Bertz CT molecular complexity index is 988. The van der Waals surface area contributed by atoms with Crippen molar-refractivity contribution in [3.63, 3.8) is 0 Å². The number of esters is 1. The Hall–Kier alpha value is -1.58. The highest BCUT2D eigenvalue weighted by Gasteiger charge is 2.64. The highest BCUT2D eigenvalue weighted by Crippen LogP contribution is 2.72. The van der Waals surface area contributed by atoms with Gasteiger partial charge in [0.15, 0.2) is 0 Å². The first-order valence-electron chi connectivity index (χ1n) is 14.9. The highest BCUT2D eigenvalue weighted by atomic mass is 16.5. The molecule has 0 spiro atoms. The largest absolute Gasteiger partial charge is 0.481 e. The lowest BCUT2D eigenvalue weighted by Gasteiger charge is -2.62. The minimum atomic E-state index is -0.618. The molecule has 2 fully saturated rings. The average Bonchev–Trinajstić information content (AvgIpc) is 3.07. The normalized spacial score (nSPS) is 39.4. The Labute approximate surface area is 225 Å². The number of aliphatic carboxylic acids is 1. The predicted molar refractivity (Wildman–Crippen MR) is 149 cm³/mol. The van der Waals surface area contributed by atoms with Gasteiger partial charge >= 0.3 is 11.9 Å². The van der Waals surface area contributed by atoms with E-state index in [1.54, 1.807) is 11.1 Å². The number of ether oxygens (including phenoxy) is 1. The maximum atomic E-state index is 12.6. The number of rotatable bonds is 7. The predicted octanol–water partition coefficient (Wildman–Crippen LogP) is 8.36. The summed E-state index contributed by atoms with van der Waals surface area (Å²) in [5, 5.41) is 10.4. The lowest BCUT2D eigenvalue weighted by Crippen LogP contribution is -2.56. The zero-order valence-corrected chi connectivity index (χ0v) is 24.8. The Morgan fingerprint density at radius 1 is 1.00 bits per heavy atom. The van der Waals surface area contributed by atoms with Gasteiger partial charge in [-0.05, 0) is 98.2 Å². The van der Waals surface area contributed by atoms with Crippen molar-refractivity contribution >= 4 is 11.9 Å². The molecule has 4 aliphatic rings. The van der Waals surface area contributed by atoms with E-state index in [-0.39, 0.29) is 45.6 Å². The fourth-order valence-corrected chi connectivity index (χ4v) is 9.89. The van der Waals surface area contributed by atoms with E-state index < -0.39 is 5.97 Å². The van der Waals surface area contributed by atoms with Crippen LogP contribution < -0.4 is 0 Å². The second-order valence-corrected chi connectivity index (χ2v) is 14.6. The van der Waals surface area contributed by atoms with Crippen molar-refractivity contribution in [3.8, 4) is 0 Å². The van der Waals surface area contributed by atoms with Crippen LogP contribution in [0.2, 0.25) is 0 Å². The molecule has 0 aromatic heterocycles. The van der Waals surface area contributed by atoms with Gasteiger partial charge in [0, 0.05) is 12.3 Å². The van der Waals surface area contributed by atoms with Crippen LogP contribution in [0.15, 0.2) is 23.3 Å². The van der Waals surface area contributed by atoms with Crippen LogP contribution in [-0.2, 0) is 14.3 Å². The summed E-state index contributed by atoms with van der Waals surface area (Å²) in [6, 6.07) is 0. The van der Waals surface area contributed by atoms with Crippen molar-refractivity contribution in [1.82, 2.24) is 0 Å². The topological polar surface area (TPSA) is 63.6 Å². The Morgan fingerprint density at radius 3 is 2.27 bits per heavy atom. The van der Waals surface area contributed by atoms with Crippen LogP contribution in [0.3, 0.4) is 0 Å². The molecule has 0 bridgehead atoms. The zero-order valence-electron chi connectivity index (χ0n) is 24.8. The van der Waals surface area contributed by atoms with E-state index in [0.29, 0.717) is 18.3 Å². The fraction of sp³-hybridized carbons (Fsp3) is 0.818. The smallest absolute Gasteiger partial charge is 0.306 e. The van der Waals surface area contributed by atoms with Gasteiger partial charge in [0.2, 0.25) is 0 Å². The average molecular weight is 513 g/mol. The van der Waals surface area contributed by atoms with Gasteiger partial charge in [-0.2, -0.15) is 0 Å². The quantitative estimate of drug-likeness (QED) is 0.275. The molecule has 1 N–H and O–H groups in total. The summed E-state index contributed by atoms with van der Waals surface area (Å²) in [5.41, 5.74) is 4.69. The summed E-state index contributed by atoms with van der Waals surface area (Å²) in [4.78, 5) is 24.5. The summed E-state index contributed by atoms with van der Waals surface area (Å²) in [7, 11) is 0. The third-order valence-corrected chi connectivity index (χ3v) is 12.5. The molecular formula is C33H52O4. The molecule has 0 saturated heterocycles. The van der Waals surface area contributed by atoms with Crippen molar-refractivity contribution in [2.45, 2.75) is 126 Å². The Morgan fingerprint density at radius 2 is 1.68 bits per heavy atom. The van der Waals surface area contributed by atoms with Crippen molar-refractivity contribution in [2.24, 2.45) is 45.3 Å². The number of allylic oxidation sites excluding steroid dienone is 3. The fourth-order valence-electron chi connectivity index (χ4n) is 9.89. The molecule has 0 aromatic rings. The van der Waals surface area contributed by atoms with Gasteiger partial charge < -0.3 is 9.84 Å². The SMILES string of the molecule is C=C(CC[C@@H](C(=O)O)[C@H]1CC[C@@]2(C)C3=C(CC[C@]12C)[C@@]1(C)CC[C@@H](OC(C)=O)C(C)(C)[C@@H]1CC3)C(C)C. The van der Waals surface area contributed by atoms with Crippen molar-refractivity contribution in [2.75, 3.05) is 0 Å². The first kappa shape index (κ1) is 28.4. The molecule has 2 saturated carbocycles. The highest BCUT2D eigenvalue weighted by molar-refractivity contribution is 5.71. The van der Waals surface area contributed by atoms with Crippen molar-refractivity contribution < 1.29 is 19.4 Å². The minimum Gasteiger partial charge on any atom is -0.481 e. The molecule has 0 aromatic carbocycles. The van der Waals surface area contributed by atoms with Crippen LogP contribution in [0, 0.1) is 45.3 Å². The van der Waals surface area contributed by atoms with E-state index >= 15 is 0 Å². The first-order valence-corrected chi connectivity index (χ1v) is 14.9. The van der Waals surface area contributed by atoms with Crippen molar-refractivity contribution in [3.05, 3.63) is 23.3 Å². The molecule has 4 nitrogen and oxygen atoms in total. The van der Waals surface area contributed by atoms with Crippen LogP contribution >= 0.6 is 0 Å². The first-order chi connectivity index (χ1) is 17.1. The van der Waals surface area contributed by atoms with Gasteiger partial charge in [0.25, 0.3) is 0 Å². The second kappa shape index (κ2) is 9.56. The van der Waals surface area contributed by atoms with Gasteiger partial charge in [-0.1, -0.05) is 71.8 Å². The summed E-state index contributed by atoms with van der Waals surface area (Å²) >= 11 is 0. The number of carbonyl (C=O) groups excluding carboxylic acids is 1. The zero-order chi connectivity index (χ0) is 27.6. The molecule has 0 amide bonds. The molecule has 0 radical (unpaired) electrons. The summed E-state index contributed by atoms with van der Waals surface area (Å²) in [5.74, 6) is 0.0294. The van der Waals surface area contributed by atoms with Crippen LogP contribution in [0.5, 0.6) is 0 Å². The molecule has 0 heterocycles. The number of carboxylic acids is 1. The maximum Gasteiger partial charge on any atom is 0.306 e. The van der Waals surface area contributed by atoms with E-state index in [0.717, 1.165) is 57.8 Å². The van der Waals surface area contributed by atoms with E-state index in [9.17, 15) is 14.7 Å². The van der Waals surface area contributed by atoms with E-state index in [4.69, 9.17) is 4.74 Å². The third kappa shape index (κ3) is 4.33. The lowest BCUT2D eigenvalue weighted by atomic mass is 9.43. The molecule has 4 heteroatoms. The number of hydrogen-bond donors (Lipinski definition) is 1. The van der Waals surface area contributed by atoms with E-state index in [1.807, 2.05) is 0 Å². The van der Waals surface area contributed by atoms with Crippen LogP contribution in [-0.4, -0.2) is 23.1 Å². The molecular weight excluding hydrogens is 460 g/mol. The molecule has 4 aliphatic carbocycles. The lowest BCUT2D eigenvalue weighted by molar-refractivity contribution is -0.167. The van der Waals surface area contributed by atoms with Gasteiger partial charge in [0.1, 0.15) is 6.10 Å². The second-order valence-electron chi connectivity index (χ2n) is 14.6. The van der Waals surface area contributed by atoms with Crippen molar-refractivity contribution in [1.29, 1.82) is 0 Å². The molecule has 7 atom stereocenters. The van der Waals surface area contributed by atoms with E-state index in [1.165, 1.54) is 12.5 Å². The maximum absolute atomic E-state index is 12.6. The van der Waals surface area contributed by atoms with E-state index in [2.05, 4.69) is 55.0 Å². The number of carbonyl (C=O) groups is 2. The molecule has 0 unspecified atom stereocenters. The van der Waals surface area contributed by atoms with Crippen LogP contribution in [0.1, 0.15) is 120 Å².